The predicted octanol–water partition coefficient (Wildman–Crippen LogP) is 1.12. The Morgan fingerprint density at radius 3 is 2.72 bits per heavy atom. The number of hydrogen-bond acceptors (Lipinski definition) is 6. The lowest BCUT2D eigenvalue weighted by molar-refractivity contribution is 0.110. The van der Waals surface area contributed by atoms with Crippen LogP contribution in [0.5, 0.6) is 0 Å². The van der Waals surface area contributed by atoms with E-state index in [1.54, 1.807) is 13.1 Å². The number of hydrogen-bond donors (Lipinski definition) is 4. The molecule has 1 aromatic carbocycles. The number of benzene rings is 1. The molecule has 0 aliphatic carbocycles. The highest BCUT2D eigenvalue weighted by Gasteiger charge is 2.06. The molecule has 0 radical (unpaired) electrons. The van der Waals surface area contributed by atoms with Crippen molar-refractivity contribution in [2.75, 3.05) is 30.4 Å². The second kappa shape index (κ2) is 6.65. The average molecular weight is 252 g/mol. The lowest BCUT2D eigenvalue weighted by Crippen LogP contribution is -2.09. The largest absolute Gasteiger partial charge is 0.397 e. The van der Waals surface area contributed by atoms with E-state index in [1.807, 2.05) is 13.0 Å². The molecule has 100 valence electrons. The van der Waals surface area contributed by atoms with E-state index in [2.05, 4.69) is 15.7 Å². The van der Waals surface area contributed by atoms with Gasteiger partial charge in [-0.2, -0.15) is 5.11 Å². The summed E-state index contributed by atoms with van der Waals surface area (Å²) in [5.74, 6) is 4.95. The Balaban J connectivity index is 2.60. The molecule has 0 fully saturated rings. The molecule has 0 heterocycles. The van der Waals surface area contributed by atoms with Gasteiger partial charge in [-0.1, -0.05) is 5.22 Å². The van der Waals surface area contributed by atoms with Crippen molar-refractivity contribution in [3.63, 3.8) is 0 Å². The summed E-state index contributed by atoms with van der Waals surface area (Å²) >= 11 is 0. The monoisotopic (exact) mass is 252 g/mol. The summed E-state index contributed by atoms with van der Waals surface area (Å²) in [6.45, 7) is 2.75. The third-order valence-corrected chi connectivity index (χ3v) is 2.43. The van der Waals surface area contributed by atoms with Crippen molar-refractivity contribution in [3.05, 3.63) is 17.7 Å². The van der Waals surface area contributed by atoms with Crippen LogP contribution in [-0.4, -0.2) is 19.7 Å². The van der Waals surface area contributed by atoms with Crippen LogP contribution in [0.3, 0.4) is 0 Å². The average Bonchev–Trinajstić information content (AvgIpc) is 2.33. The van der Waals surface area contributed by atoms with Crippen molar-refractivity contribution in [2.45, 2.75) is 19.6 Å². The van der Waals surface area contributed by atoms with Gasteiger partial charge in [-0.05, 0) is 24.6 Å². The maximum atomic E-state index is 5.81. The topological polar surface area (TPSA) is 124 Å². The standard InChI is InChI=1S/C11H20N6O/c1-7(16-17-14)5-18-6-8-3-9(12)11(13)10(4-8)15-2/h3-4,7,15H,5-6,12-13H2,1-2H3,(H2,14,16)/t7-/m1/s1. The highest BCUT2D eigenvalue weighted by Crippen LogP contribution is 2.27. The molecule has 7 heteroatoms. The van der Waals surface area contributed by atoms with Gasteiger partial charge in [0.05, 0.1) is 36.3 Å². The van der Waals surface area contributed by atoms with E-state index in [0.717, 1.165) is 11.3 Å². The SMILES string of the molecule is CNc1cc(COC[C@@H](C)N=NN)cc(N)c1N. The fourth-order valence-corrected chi connectivity index (χ4v) is 1.52. The molecule has 0 spiro atoms. The molecule has 0 unspecified atom stereocenters. The van der Waals surface area contributed by atoms with Crippen molar-refractivity contribution >= 4 is 17.1 Å². The van der Waals surface area contributed by atoms with Crippen LogP contribution >= 0.6 is 0 Å². The van der Waals surface area contributed by atoms with Gasteiger partial charge in [0.1, 0.15) is 0 Å². The summed E-state index contributed by atoms with van der Waals surface area (Å²) in [5.41, 5.74) is 14.4. The first kappa shape index (κ1) is 14.0. The van der Waals surface area contributed by atoms with Gasteiger partial charge in [-0.15, -0.1) is 0 Å². The molecule has 7 N–H and O–H groups in total. The molecule has 0 saturated heterocycles. The van der Waals surface area contributed by atoms with Crippen molar-refractivity contribution in [1.82, 2.24) is 0 Å². The van der Waals surface area contributed by atoms with Crippen LogP contribution < -0.4 is 22.6 Å². The summed E-state index contributed by atoms with van der Waals surface area (Å²) < 4.78 is 5.49. The van der Waals surface area contributed by atoms with E-state index < -0.39 is 0 Å². The van der Waals surface area contributed by atoms with Gasteiger partial charge >= 0.3 is 0 Å². The number of nitrogens with two attached hydrogens (primary N) is 3. The Morgan fingerprint density at radius 2 is 2.11 bits per heavy atom. The van der Waals surface area contributed by atoms with Crippen molar-refractivity contribution < 1.29 is 4.74 Å². The minimum absolute atomic E-state index is 0.0649. The summed E-state index contributed by atoms with van der Waals surface area (Å²) in [4.78, 5) is 0. The van der Waals surface area contributed by atoms with Crippen LogP contribution in [0.2, 0.25) is 0 Å². The minimum atomic E-state index is -0.0649. The molecular weight excluding hydrogens is 232 g/mol. The first-order chi connectivity index (χ1) is 8.58. The van der Waals surface area contributed by atoms with Crippen molar-refractivity contribution in [3.8, 4) is 0 Å². The molecule has 1 atom stereocenters. The molecule has 0 aromatic heterocycles. The van der Waals surface area contributed by atoms with Crippen molar-refractivity contribution in [1.29, 1.82) is 0 Å². The highest BCUT2D eigenvalue weighted by molar-refractivity contribution is 5.79. The quantitative estimate of drug-likeness (QED) is 0.261. The molecular formula is C11H20N6O. The van der Waals surface area contributed by atoms with E-state index in [-0.39, 0.29) is 6.04 Å². The lowest BCUT2D eigenvalue weighted by Gasteiger charge is -2.12. The minimum Gasteiger partial charge on any atom is -0.397 e. The van der Waals surface area contributed by atoms with Gasteiger partial charge in [0.25, 0.3) is 0 Å². The summed E-state index contributed by atoms with van der Waals surface area (Å²) in [6, 6.07) is 3.64. The first-order valence-corrected chi connectivity index (χ1v) is 5.61. The number of ether oxygens (including phenoxy) is 1. The van der Waals surface area contributed by atoms with Crippen LogP contribution in [-0.2, 0) is 11.3 Å². The van der Waals surface area contributed by atoms with Gasteiger partial charge in [0, 0.05) is 7.05 Å². The van der Waals surface area contributed by atoms with E-state index >= 15 is 0 Å². The van der Waals surface area contributed by atoms with Gasteiger partial charge in [0.15, 0.2) is 0 Å². The molecule has 1 rings (SSSR count). The second-order valence-electron chi connectivity index (χ2n) is 3.99. The van der Waals surface area contributed by atoms with Gasteiger partial charge < -0.3 is 27.4 Å². The molecule has 0 bridgehead atoms. The van der Waals surface area contributed by atoms with Gasteiger partial charge in [-0.25, -0.2) is 0 Å². The molecule has 1 aromatic rings. The number of nitrogens with one attached hydrogen (secondary N) is 1. The number of rotatable bonds is 6. The van der Waals surface area contributed by atoms with Gasteiger partial charge in [-0.3, -0.25) is 0 Å². The van der Waals surface area contributed by atoms with Gasteiger partial charge in [0.2, 0.25) is 0 Å². The smallest absolute Gasteiger partial charge is 0.0934 e. The molecule has 7 nitrogen and oxygen atoms in total. The maximum Gasteiger partial charge on any atom is 0.0934 e. The van der Waals surface area contributed by atoms with Crippen LogP contribution in [0.4, 0.5) is 17.1 Å². The molecule has 0 aliphatic heterocycles. The zero-order chi connectivity index (χ0) is 13.5. The van der Waals surface area contributed by atoms with Crippen molar-refractivity contribution in [2.24, 2.45) is 16.2 Å². The second-order valence-corrected chi connectivity index (χ2v) is 3.99. The first-order valence-electron chi connectivity index (χ1n) is 5.61. The van der Waals surface area contributed by atoms with Crippen LogP contribution in [0, 0.1) is 0 Å². The Hall–Kier alpha value is -2.02. The van der Waals surface area contributed by atoms with E-state index in [0.29, 0.717) is 24.6 Å². The Kier molecular flexibility index (Phi) is 5.19. The third kappa shape index (κ3) is 3.77. The van der Waals surface area contributed by atoms with E-state index in [4.69, 9.17) is 22.0 Å². The predicted molar refractivity (Wildman–Crippen MR) is 73.0 cm³/mol. The molecule has 0 amide bonds. The normalized spacial score (nSPS) is 12.8. The van der Waals surface area contributed by atoms with Crippen LogP contribution in [0.1, 0.15) is 12.5 Å². The number of nitrogen functional groups attached to an aromatic ring is 2. The zero-order valence-corrected chi connectivity index (χ0v) is 10.7. The van der Waals surface area contributed by atoms with E-state index in [9.17, 15) is 0 Å². The maximum absolute atomic E-state index is 5.81. The molecule has 18 heavy (non-hydrogen) atoms. The van der Waals surface area contributed by atoms with Crippen LogP contribution in [0.25, 0.3) is 0 Å². The number of anilines is 3. The Morgan fingerprint density at radius 1 is 1.39 bits per heavy atom. The lowest BCUT2D eigenvalue weighted by atomic mass is 10.1. The Bertz CT molecular complexity index is 420. The summed E-state index contributed by atoms with van der Waals surface area (Å²) in [7, 11) is 1.79. The van der Waals surface area contributed by atoms with Crippen LogP contribution in [0.15, 0.2) is 22.5 Å². The number of nitrogens with zero attached hydrogens (tertiary/aromatic N) is 2. The summed E-state index contributed by atoms with van der Waals surface area (Å²) in [6.07, 6.45) is 0. The fraction of sp³-hybridized carbons (Fsp3) is 0.455. The van der Waals surface area contributed by atoms with E-state index in [1.165, 1.54) is 0 Å². The molecule has 0 saturated carbocycles. The third-order valence-electron chi connectivity index (χ3n) is 2.43. The molecule has 0 aliphatic rings. The fourth-order valence-electron chi connectivity index (χ4n) is 1.52. The summed E-state index contributed by atoms with van der Waals surface area (Å²) in [5, 5.41) is 9.94. The highest BCUT2D eigenvalue weighted by atomic mass is 16.5. The Labute approximate surface area is 106 Å². The zero-order valence-electron chi connectivity index (χ0n) is 10.7.